The lowest BCUT2D eigenvalue weighted by atomic mass is 9.95. The van der Waals surface area contributed by atoms with Crippen LogP contribution in [0, 0.1) is 5.41 Å². The number of aryl methyl sites for hydroxylation is 1. The minimum absolute atomic E-state index is 0.140. The van der Waals surface area contributed by atoms with Crippen LogP contribution < -0.4 is 10.6 Å². The number of anilines is 2. The Bertz CT molecular complexity index is 1380. The molecule has 3 N–H and O–H groups in total. The number of nitrogens with one attached hydrogen (secondary N) is 3. The summed E-state index contributed by atoms with van der Waals surface area (Å²) in [5, 5.41) is 19.1. The lowest BCUT2D eigenvalue weighted by molar-refractivity contribution is -0.114. The maximum atomic E-state index is 11.6. The summed E-state index contributed by atoms with van der Waals surface area (Å²) in [5.74, 6) is 0.642. The molecule has 0 aliphatic heterocycles. The highest BCUT2D eigenvalue weighted by Crippen LogP contribution is 2.44. The summed E-state index contributed by atoms with van der Waals surface area (Å²) in [5.41, 5.74) is 6.62. The smallest absolute Gasteiger partial charge is 0.223 e. The first-order chi connectivity index (χ1) is 16.6. The number of thiazole rings is 1. The zero-order chi connectivity index (χ0) is 23.7. The van der Waals surface area contributed by atoms with Gasteiger partial charge in [0.1, 0.15) is 5.82 Å². The van der Waals surface area contributed by atoms with Crippen molar-refractivity contribution < 1.29 is 4.79 Å². The maximum Gasteiger partial charge on any atom is 0.223 e. The van der Waals surface area contributed by atoms with E-state index in [1.165, 1.54) is 24.5 Å². The van der Waals surface area contributed by atoms with Crippen LogP contribution in [0.1, 0.15) is 23.7 Å². The molecule has 0 spiro atoms. The topological polar surface area (TPSA) is 109 Å². The summed E-state index contributed by atoms with van der Waals surface area (Å²) in [4.78, 5) is 21.8. The van der Waals surface area contributed by atoms with Crippen LogP contribution in [-0.4, -0.2) is 38.4 Å². The van der Waals surface area contributed by atoms with Gasteiger partial charge in [0.15, 0.2) is 5.13 Å². The summed E-state index contributed by atoms with van der Waals surface area (Å²) in [6, 6.07) is 11.7. The zero-order valence-corrected chi connectivity index (χ0v) is 19.4. The quantitative estimate of drug-likeness (QED) is 0.268. The van der Waals surface area contributed by atoms with Crippen LogP contribution in [0.15, 0.2) is 55.3 Å². The molecular weight excluding hydrogens is 446 g/mol. The van der Waals surface area contributed by atoms with E-state index in [2.05, 4.69) is 27.2 Å². The molecule has 4 aromatic rings. The van der Waals surface area contributed by atoms with Gasteiger partial charge in [-0.15, -0.1) is 6.58 Å². The van der Waals surface area contributed by atoms with Gasteiger partial charge in [-0.3, -0.25) is 4.79 Å². The van der Waals surface area contributed by atoms with Gasteiger partial charge in [-0.2, -0.15) is 5.10 Å². The van der Waals surface area contributed by atoms with Gasteiger partial charge < -0.3 is 16.0 Å². The van der Waals surface area contributed by atoms with Gasteiger partial charge >= 0.3 is 0 Å². The lowest BCUT2D eigenvalue weighted by Crippen LogP contribution is -2.07. The Labute approximate surface area is 200 Å². The molecule has 1 aliphatic rings. The summed E-state index contributed by atoms with van der Waals surface area (Å²) in [7, 11) is 0. The van der Waals surface area contributed by atoms with Crippen LogP contribution in [0.25, 0.3) is 27.5 Å². The van der Waals surface area contributed by atoms with Gasteiger partial charge in [0.25, 0.3) is 0 Å². The Morgan fingerprint density at radius 2 is 2.06 bits per heavy atom. The van der Waals surface area contributed by atoms with Crippen molar-refractivity contribution in [1.29, 1.82) is 5.41 Å². The van der Waals surface area contributed by atoms with Crippen LogP contribution in [0.5, 0.6) is 0 Å². The highest BCUT2D eigenvalue weighted by molar-refractivity contribution is 7.19. The molecule has 5 rings (SSSR count). The third-order valence-electron chi connectivity index (χ3n) is 5.56. The number of fused-ring (bicyclic) bond motifs is 3. The molecule has 170 valence electrons. The van der Waals surface area contributed by atoms with Gasteiger partial charge in [-0.05, 0) is 42.7 Å². The fourth-order valence-corrected chi connectivity index (χ4v) is 5.14. The predicted octanol–water partition coefficient (Wildman–Crippen LogP) is 4.71. The fourth-order valence-electron chi connectivity index (χ4n) is 4.02. The molecule has 3 aromatic heterocycles. The second-order valence-corrected chi connectivity index (χ2v) is 8.90. The number of carbonyl (C=O) groups excluding carboxylic acids is 1. The molecule has 0 bridgehead atoms. The van der Waals surface area contributed by atoms with Crippen molar-refractivity contribution in [3.05, 3.63) is 72.1 Å². The number of hydrogen-bond acceptors (Lipinski definition) is 7. The van der Waals surface area contributed by atoms with E-state index in [1.807, 2.05) is 47.3 Å². The molecule has 8 nitrogen and oxygen atoms in total. The number of pyridine rings is 1. The molecule has 0 fully saturated rings. The fraction of sp³-hybridized carbons (Fsp3) is 0.160. The Morgan fingerprint density at radius 3 is 2.74 bits per heavy atom. The minimum atomic E-state index is -0.140. The van der Waals surface area contributed by atoms with Crippen LogP contribution in [-0.2, 0) is 17.6 Å². The van der Waals surface area contributed by atoms with Gasteiger partial charge in [0, 0.05) is 37.0 Å². The standard InChI is InChI=1S/C25H23N7OS/c1-3-12-27-21-11-6-17(14-28-21)22-19-9-10-20-24(34-25(30-20)29-15(2)33)23(19)32(31-22)18-7-4-16(13-26)5-8-18/h3-8,11,13-14,26H,1,9-10,12H2,2H3,(H,27,28)(H,29,30,33). The average molecular weight is 470 g/mol. The van der Waals surface area contributed by atoms with E-state index in [-0.39, 0.29) is 5.91 Å². The SMILES string of the molecule is C=CCNc1ccc(-c2nn(-c3ccc(C=N)cc3)c3c2CCc2nc(NC(C)=O)sc2-3)cn1. The third-order valence-corrected chi connectivity index (χ3v) is 6.58. The number of aromatic nitrogens is 4. The summed E-state index contributed by atoms with van der Waals surface area (Å²) < 4.78 is 1.94. The molecule has 1 aromatic carbocycles. The molecule has 34 heavy (non-hydrogen) atoms. The Hall–Kier alpha value is -4.11. The van der Waals surface area contributed by atoms with Crippen molar-refractivity contribution >= 4 is 34.4 Å². The highest BCUT2D eigenvalue weighted by Gasteiger charge is 2.30. The van der Waals surface area contributed by atoms with E-state index in [1.54, 1.807) is 6.08 Å². The third kappa shape index (κ3) is 4.01. The molecule has 0 saturated carbocycles. The van der Waals surface area contributed by atoms with Crippen molar-refractivity contribution in [3.63, 3.8) is 0 Å². The van der Waals surface area contributed by atoms with Gasteiger partial charge in [0.2, 0.25) is 5.91 Å². The second kappa shape index (κ2) is 9.03. The number of nitrogens with zero attached hydrogens (tertiary/aromatic N) is 4. The maximum absolute atomic E-state index is 11.6. The molecule has 1 amide bonds. The minimum Gasteiger partial charge on any atom is -0.367 e. The Morgan fingerprint density at radius 1 is 1.24 bits per heavy atom. The number of hydrogen-bond donors (Lipinski definition) is 3. The first-order valence-corrected chi connectivity index (χ1v) is 11.7. The van der Waals surface area contributed by atoms with E-state index >= 15 is 0 Å². The van der Waals surface area contributed by atoms with E-state index in [0.717, 1.165) is 63.0 Å². The summed E-state index contributed by atoms with van der Waals surface area (Å²) in [6.07, 6.45) is 6.51. The molecule has 1 aliphatic carbocycles. The van der Waals surface area contributed by atoms with Crippen molar-refractivity contribution in [3.8, 4) is 27.5 Å². The Kier molecular flexibility index (Phi) is 5.77. The molecule has 0 radical (unpaired) electrons. The number of rotatable bonds is 7. The van der Waals surface area contributed by atoms with Crippen LogP contribution in [0.2, 0.25) is 0 Å². The number of amides is 1. The van der Waals surface area contributed by atoms with E-state index in [0.29, 0.717) is 11.7 Å². The van der Waals surface area contributed by atoms with Gasteiger partial charge in [0.05, 0.1) is 27.6 Å². The van der Waals surface area contributed by atoms with Crippen LogP contribution in [0.4, 0.5) is 10.9 Å². The van der Waals surface area contributed by atoms with Crippen molar-refractivity contribution in [2.24, 2.45) is 0 Å². The molecular formula is C25H23N7OS. The molecule has 9 heteroatoms. The number of carbonyl (C=O) groups is 1. The van der Waals surface area contributed by atoms with E-state index in [4.69, 9.17) is 10.5 Å². The summed E-state index contributed by atoms with van der Waals surface area (Å²) >= 11 is 1.47. The highest BCUT2D eigenvalue weighted by atomic mass is 32.1. The van der Waals surface area contributed by atoms with E-state index < -0.39 is 0 Å². The first kappa shape index (κ1) is 21.7. The van der Waals surface area contributed by atoms with Gasteiger partial charge in [-0.25, -0.2) is 14.6 Å². The van der Waals surface area contributed by atoms with Crippen molar-refractivity contribution in [1.82, 2.24) is 19.7 Å². The van der Waals surface area contributed by atoms with Crippen molar-refractivity contribution in [2.75, 3.05) is 17.2 Å². The predicted molar refractivity (Wildman–Crippen MR) is 136 cm³/mol. The molecule has 3 heterocycles. The first-order valence-electron chi connectivity index (χ1n) is 10.9. The lowest BCUT2D eigenvalue weighted by Gasteiger charge is -2.14. The normalized spacial score (nSPS) is 11.9. The Balaban J connectivity index is 1.65. The van der Waals surface area contributed by atoms with Crippen molar-refractivity contribution in [2.45, 2.75) is 19.8 Å². The van der Waals surface area contributed by atoms with Crippen LogP contribution in [0.3, 0.4) is 0 Å². The van der Waals surface area contributed by atoms with E-state index in [9.17, 15) is 4.79 Å². The molecule has 0 unspecified atom stereocenters. The van der Waals surface area contributed by atoms with Gasteiger partial charge in [-0.1, -0.05) is 29.5 Å². The second-order valence-electron chi connectivity index (χ2n) is 7.90. The monoisotopic (exact) mass is 469 g/mol. The summed E-state index contributed by atoms with van der Waals surface area (Å²) in [6.45, 7) is 5.86. The average Bonchev–Trinajstić information content (AvgIpc) is 3.43. The molecule has 0 saturated heterocycles. The van der Waals surface area contributed by atoms with Crippen LogP contribution >= 0.6 is 11.3 Å². The molecule has 0 atom stereocenters. The zero-order valence-electron chi connectivity index (χ0n) is 18.6. The largest absolute Gasteiger partial charge is 0.367 e. The number of benzene rings is 1.